The van der Waals surface area contributed by atoms with Gasteiger partial charge >= 0.3 is 0 Å². The number of fused-ring (bicyclic) bond motifs is 9. The maximum atomic E-state index is 5.34. The average molecular weight is 1030 g/mol. The molecule has 0 radical (unpaired) electrons. The number of hydrogen-bond acceptors (Lipinski definition) is 3. The molecule has 0 aliphatic heterocycles. The van der Waals surface area contributed by atoms with Gasteiger partial charge in [-0.05, 0) is 129 Å². The van der Waals surface area contributed by atoms with Crippen LogP contribution in [0, 0.1) is 0 Å². The van der Waals surface area contributed by atoms with Gasteiger partial charge in [0.2, 0.25) is 5.95 Å². The number of rotatable bonds is 9. The van der Waals surface area contributed by atoms with Gasteiger partial charge in [-0.3, -0.25) is 4.57 Å². The predicted octanol–water partition coefficient (Wildman–Crippen LogP) is 19.2. The zero-order valence-corrected chi connectivity index (χ0v) is 43.9. The molecule has 0 aliphatic carbocycles. The highest BCUT2D eigenvalue weighted by Gasteiger charge is 2.23. The van der Waals surface area contributed by atoms with Crippen LogP contribution in [0.3, 0.4) is 0 Å². The molecule has 6 nitrogen and oxygen atoms in total. The van der Waals surface area contributed by atoms with E-state index in [1.165, 1.54) is 66.1 Å². The maximum absolute atomic E-state index is 5.34. The Morgan fingerprint density at radius 1 is 0.185 bits per heavy atom. The van der Waals surface area contributed by atoms with E-state index in [-0.39, 0.29) is 0 Å². The maximum Gasteiger partial charge on any atom is 0.238 e. The summed E-state index contributed by atoms with van der Waals surface area (Å²) in [7, 11) is 0. The van der Waals surface area contributed by atoms with E-state index in [0.717, 1.165) is 66.4 Å². The molecule has 0 aliphatic rings. The number of aromatic nitrogens is 6. The van der Waals surface area contributed by atoms with E-state index in [1.807, 2.05) is 36.4 Å². The van der Waals surface area contributed by atoms with Crippen molar-refractivity contribution in [2.75, 3.05) is 0 Å². The molecule has 81 heavy (non-hydrogen) atoms. The van der Waals surface area contributed by atoms with Gasteiger partial charge in [0.15, 0.2) is 11.6 Å². The van der Waals surface area contributed by atoms with Gasteiger partial charge in [-0.15, -0.1) is 0 Å². The fourth-order valence-corrected chi connectivity index (χ4v) is 12.2. The molecule has 378 valence electrons. The Morgan fingerprint density at radius 3 is 0.728 bits per heavy atom. The van der Waals surface area contributed by atoms with Gasteiger partial charge in [-0.2, -0.15) is 9.97 Å². The van der Waals surface area contributed by atoms with Crippen molar-refractivity contribution in [2.45, 2.75) is 0 Å². The van der Waals surface area contributed by atoms with Crippen molar-refractivity contribution in [1.29, 1.82) is 0 Å². The monoisotopic (exact) mass is 1030 g/mol. The van der Waals surface area contributed by atoms with Crippen LogP contribution in [0.2, 0.25) is 0 Å². The quantitative estimate of drug-likeness (QED) is 0.145. The van der Waals surface area contributed by atoms with Crippen LogP contribution in [0.15, 0.2) is 291 Å². The van der Waals surface area contributed by atoms with Crippen LogP contribution in [-0.2, 0) is 0 Å². The van der Waals surface area contributed by atoms with Gasteiger partial charge < -0.3 is 9.13 Å². The van der Waals surface area contributed by atoms with E-state index >= 15 is 0 Å². The van der Waals surface area contributed by atoms with E-state index in [1.54, 1.807) is 0 Å². The SMILES string of the molecule is c1ccc(-c2ccc3c(c2)c2cc(-c4ccccc4)ccc2n3-c2ccc3c(c2)c2cc(-n4c5ccc(-c6ccccc6)cc5c5cc(-c6ccccc6)ccc54)ccc2n3-c2nc(-c3ccccc3)nc(-c3ccccc3)n2)cc1. The van der Waals surface area contributed by atoms with Crippen LogP contribution in [0.4, 0.5) is 0 Å². The van der Waals surface area contributed by atoms with Gasteiger partial charge in [0.05, 0.1) is 33.1 Å². The Morgan fingerprint density at radius 2 is 0.432 bits per heavy atom. The smallest absolute Gasteiger partial charge is 0.238 e. The zero-order valence-electron chi connectivity index (χ0n) is 43.9. The Kier molecular flexibility index (Phi) is 10.8. The third kappa shape index (κ3) is 7.83. The molecule has 4 heterocycles. The molecule has 0 unspecified atom stereocenters. The molecule has 0 spiro atoms. The second-order valence-corrected chi connectivity index (χ2v) is 20.8. The lowest BCUT2D eigenvalue weighted by molar-refractivity contribution is 0.953. The predicted molar refractivity (Wildman–Crippen MR) is 335 cm³/mol. The molecule has 0 saturated carbocycles. The standard InChI is InChI=1S/C75H48N6/c1-7-19-49(20-8-1)55-31-37-67-61(43-55)62-44-56(50-21-9-2-10-22-50)32-38-68(62)79(67)59-35-41-71-65(47-59)66-48-60(36-42-72(66)81(71)75-77-73(53-27-15-5-16-28-53)76-74(78-75)54-29-17-6-18-30-54)80-69-39-33-57(51-23-11-3-12-24-51)45-63(69)64-46-58(34-40-70(64)80)52-25-13-4-14-26-52/h1-48H. The van der Waals surface area contributed by atoms with Gasteiger partial charge in [0, 0.05) is 54.8 Å². The lowest BCUT2D eigenvalue weighted by Crippen LogP contribution is -2.06. The summed E-state index contributed by atoms with van der Waals surface area (Å²) < 4.78 is 7.10. The third-order valence-corrected chi connectivity index (χ3v) is 16.1. The Bertz CT molecular complexity index is 4560. The summed E-state index contributed by atoms with van der Waals surface area (Å²) in [5.74, 6) is 1.75. The normalized spacial score (nSPS) is 11.7. The minimum atomic E-state index is 0.542. The summed E-state index contributed by atoms with van der Waals surface area (Å²) in [5, 5.41) is 6.91. The summed E-state index contributed by atoms with van der Waals surface area (Å²) in [5.41, 5.74) is 19.9. The molecule has 16 aromatic rings. The molecular formula is C75H48N6. The van der Waals surface area contributed by atoms with Crippen molar-refractivity contribution in [2.24, 2.45) is 0 Å². The van der Waals surface area contributed by atoms with Gasteiger partial charge in [-0.1, -0.05) is 206 Å². The second kappa shape index (κ2) is 18.9. The Balaban J connectivity index is 0.966. The molecule has 6 heteroatoms. The zero-order chi connectivity index (χ0) is 53.4. The first-order chi connectivity index (χ1) is 40.1. The average Bonchev–Trinajstić information content (AvgIpc) is 3.79. The lowest BCUT2D eigenvalue weighted by Gasteiger charge is -2.12. The number of hydrogen-bond donors (Lipinski definition) is 0. The molecule has 0 saturated heterocycles. The third-order valence-electron chi connectivity index (χ3n) is 16.1. The molecule has 12 aromatic carbocycles. The molecule has 0 atom stereocenters. The van der Waals surface area contributed by atoms with E-state index in [9.17, 15) is 0 Å². The fraction of sp³-hybridized carbons (Fsp3) is 0. The molecule has 0 N–H and O–H groups in total. The van der Waals surface area contributed by atoms with E-state index < -0.39 is 0 Å². The van der Waals surface area contributed by atoms with Crippen molar-refractivity contribution in [3.63, 3.8) is 0 Å². The molecule has 0 fully saturated rings. The first-order valence-corrected chi connectivity index (χ1v) is 27.5. The van der Waals surface area contributed by atoms with Crippen molar-refractivity contribution in [3.05, 3.63) is 291 Å². The summed E-state index contributed by atoms with van der Waals surface area (Å²) in [4.78, 5) is 15.8. The highest BCUT2D eigenvalue weighted by molar-refractivity contribution is 6.15. The summed E-state index contributed by atoms with van der Waals surface area (Å²) >= 11 is 0. The minimum absolute atomic E-state index is 0.542. The van der Waals surface area contributed by atoms with Crippen LogP contribution < -0.4 is 0 Å². The topological polar surface area (TPSA) is 53.5 Å². The van der Waals surface area contributed by atoms with Crippen molar-refractivity contribution in [1.82, 2.24) is 28.7 Å². The Hall–Kier alpha value is -11.0. The lowest BCUT2D eigenvalue weighted by atomic mass is 10.0. The summed E-state index contributed by atoms with van der Waals surface area (Å²) in [6, 6.07) is 105. The van der Waals surface area contributed by atoms with Crippen molar-refractivity contribution in [3.8, 4) is 84.6 Å². The number of benzene rings is 12. The highest BCUT2D eigenvalue weighted by atomic mass is 15.2. The van der Waals surface area contributed by atoms with Crippen LogP contribution >= 0.6 is 0 Å². The van der Waals surface area contributed by atoms with E-state index in [2.05, 4.69) is 268 Å². The molecule has 0 bridgehead atoms. The largest absolute Gasteiger partial charge is 0.309 e. The van der Waals surface area contributed by atoms with Gasteiger partial charge in [0.1, 0.15) is 0 Å². The summed E-state index contributed by atoms with van der Waals surface area (Å²) in [6.07, 6.45) is 0. The van der Waals surface area contributed by atoms with Crippen LogP contribution in [0.5, 0.6) is 0 Å². The summed E-state index contributed by atoms with van der Waals surface area (Å²) in [6.45, 7) is 0. The van der Waals surface area contributed by atoms with Crippen molar-refractivity contribution >= 4 is 65.4 Å². The molecular weight excluding hydrogens is 985 g/mol. The fourth-order valence-electron chi connectivity index (χ4n) is 12.2. The first-order valence-electron chi connectivity index (χ1n) is 27.5. The molecule has 16 rings (SSSR count). The minimum Gasteiger partial charge on any atom is -0.309 e. The van der Waals surface area contributed by atoms with Crippen LogP contribution in [0.25, 0.3) is 150 Å². The Labute approximate surface area is 467 Å². The van der Waals surface area contributed by atoms with Gasteiger partial charge in [0.25, 0.3) is 0 Å². The van der Waals surface area contributed by atoms with E-state index in [4.69, 9.17) is 15.0 Å². The van der Waals surface area contributed by atoms with Crippen molar-refractivity contribution < 1.29 is 0 Å². The van der Waals surface area contributed by atoms with Crippen LogP contribution in [-0.4, -0.2) is 28.7 Å². The van der Waals surface area contributed by atoms with Gasteiger partial charge in [-0.25, -0.2) is 4.98 Å². The second-order valence-electron chi connectivity index (χ2n) is 20.8. The number of nitrogens with zero attached hydrogens (tertiary/aromatic N) is 6. The first kappa shape index (κ1) is 46.2. The van der Waals surface area contributed by atoms with Crippen LogP contribution in [0.1, 0.15) is 0 Å². The molecule has 0 amide bonds. The highest BCUT2D eigenvalue weighted by Crippen LogP contribution is 2.43. The molecule has 4 aromatic heterocycles. The van der Waals surface area contributed by atoms with E-state index in [0.29, 0.717) is 17.6 Å².